The molecule has 1 saturated heterocycles. The van der Waals surface area contributed by atoms with Crippen LogP contribution in [0.2, 0.25) is 0 Å². The smallest absolute Gasteiger partial charge is 0.410 e. The molecule has 214 valence electrons. The van der Waals surface area contributed by atoms with Crippen LogP contribution in [0.25, 0.3) is 10.9 Å². The Labute approximate surface area is 237 Å². The average Bonchev–Trinajstić information content (AvgIpc) is 2.93. The minimum atomic E-state index is -0.524. The zero-order valence-electron chi connectivity index (χ0n) is 23.7. The van der Waals surface area contributed by atoms with Gasteiger partial charge in [0.2, 0.25) is 0 Å². The van der Waals surface area contributed by atoms with Crippen LogP contribution >= 0.6 is 0 Å². The number of rotatable bonds is 6. The molecule has 3 heterocycles. The summed E-state index contributed by atoms with van der Waals surface area (Å²) >= 11 is 0. The molecule has 0 saturated carbocycles. The number of ether oxygens (including phenoxy) is 2. The maximum absolute atomic E-state index is 14.4. The fraction of sp³-hybridized carbons (Fsp3) is 0.355. The molecule has 1 fully saturated rings. The van der Waals surface area contributed by atoms with E-state index in [1.54, 1.807) is 36.3 Å². The standard InChI is InChI=1S/C31H34FN5O4/c1-31(2,3)41-30(39)37-13-11-19(12-14-37)20-9-10-24(27(16-20)40-4)35-25-17-22(15-21-7-5-6-8-23(21)32)34-26-18-33-36-29(38)28(25)26/h5-10,16-19H,11-15H2,1-4H3,(H,34,35)(H,36,38). The van der Waals surface area contributed by atoms with E-state index in [4.69, 9.17) is 9.47 Å². The number of methoxy groups -OCH3 is 1. The van der Waals surface area contributed by atoms with E-state index >= 15 is 0 Å². The maximum atomic E-state index is 14.4. The van der Waals surface area contributed by atoms with Gasteiger partial charge in [-0.2, -0.15) is 5.10 Å². The van der Waals surface area contributed by atoms with E-state index in [0.717, 1.165) is 18.4 Å². The van der Waals surface area contributed by atoms with Gasteiger partial charge in [-0.25, -0.2) is 14.3 Å². The molecule has 0 atom stereocenters. The van der Waals surface area contributed by atoms with Crippen LogP contribution in [-0.4, -0.2) is 52.0 Å². The second-order valence-electron chi connectivity index (χ2n) is 11.2. The molecule has 1 aliphatic rings. The summed E-state index contributed by atoms with van der Waals surface area (Å²) in [7, 11) is 1.60. The number of hydrogen-bond acceptors (Lipinski definition) is 7. The summed E-state index contributed by atoms with van der Waals surface area (Å²) in [6, 6.07) is 14.2. The summed E-state index contributed by atoms with van der Waals surface area (Å²) in [5.74, 6) is 0.560. The van der Waals surface area contributed by atoms with E-state index in [1.807, 2.05) is 39.0 Å². The molecule has 4 aromatic rings. The Bertz CT molecular complexity index is 1620. The van der Waals surface area contributed by atoms with Crippen LogP contribution in [-0.2, 0) is 11.2 Å². The second kappa shape index (κ2) is 11.6. The van der Waals surface area contributed by atoms with Crippen LogP contribution in [0.1, 0.15) is 56.4 Å². The number of anilines is 2. The molecule has 0 bridgehead atoms. The van der Waals surface area contributed by atoms with Crippen molar-refractivity contribution in [3.63, 3.8) is 0 Å². The van der Waals surface area contributed by atoms with Gasteiger partial charge < -0.3 is 19.7 Å². The van der Waals surface area contributed by atoms with Crippen molar-refractivity contribution >= 4 is 28.4 Å². The Morgan fingerprint density at radius 3 is 2.59 bits per heavy atom. The van der Waals surface area contributed by atoms with Crippen molar-refractivity contribution in [2.45, 2.75) is 51.6 Å². The molecule has 2 aromatic carbocycles. The topological polar surface area (TPSA) is 109 Å². The van der Waals surface area contributed by atoms with E-state index in [0.29, 0.717) is 52.4 Å². The van der Waals surface area contributed by atoms with Crippen LogP contribution in [0.4, 0.5) is 20.6 Å². The number of aromatic amines is 1. The van der Waals surface area contributed by atoms with Crippen LogP contribution in [0, 0.1) is 5.82 Å². The van der Waals surface area contributed by atoms with Gasteiger partial charge in [0.15, 0.2) is 0 Å². The van der Waals surface area contributed by atoms with Gasteiger partial charge >= 0.3 is 6.09 Å². The molecule has 2 N–H and O–H groups in total. The molecular weight excluding hydrogens is 525 g/mol. The summed E-state index contributed by atoms with van der Waals surface area (Å²) in [4.78, 5) is 31.5. The number of carbonyl (C=O) groups is 1. The highest BCUT2D eigenvalue weighted by atomic mass is 19.1. The van der Waals surface area contributed by atoms with Gasteiger partial charge in [0, 0.05) is 25.2 Å². The molecule has 41 heavy (non-hydrogen) atoms. The maximum Gasteiger partial charge on any atom is 0.410 e. The van der Waals surface area contributed by atoms with Crippen LogP contribution in [0.5, 0.6) is 5.75 Å². The van der Waals surface area contributed by atoms with Gasteiger partial charge in [-0.1, -0.05) is 24.3 Å². The Kier molecular flexibility index (Phi) is 7.92. The third-order valence-corrected chi connectivity index (χ3v) is 7.12. The van der Waals surface area contributed by atoms with Crippen LogP contribution < -0.4 is 15.6 Å². The number of carbonyl (C=O) groups excluding carboxylic acids is 1. The summed E-state index contributed by atoms with van der Waals surface area (Å²) in [6.07, 6.45) is 3.08. The summed E-state index contributed by atoms with van der Waals surface area (Å²) in [5, 5.41) is 10.1. The first kappa shape index (κ1) is 28.1. The number of nitrogens with zero attached hydrogens (tertiary/aromatic N) is 3. The first-order valence-electron chi connectivity index (χ1n) is 13.6. The molecule has 2 aromatic heterocycles. The Morgan fingerprint density at radius 2 is 1.88 bits per heavy atom. The van der Waals surface area contributed by atoms with Gasteiger partial charge in [-0.15, -0.1) is 0 Å². The number of benzene rings is 2. The highest BCUT2D eigenvalue weighted by Crippen LogP contribution is 2.36. The second-order valence-corrected chi connectivity index (χ2v) is 11.2. The summed E-state index contributed by atoms with van der Waals surface area (Å²) in [5.41, 5.74) is 2.87. The first-order chi connectivity index (χ1) is 19.6. The lowest BCUT2D eigenvalue weighted by molar-refractivity contribution is 0.0205. The molecule has 5 rings (SSSR count). The fourth-order valence-electron chi connectivity index (χ4n) is 5.12. The molecular formula is C31H34FN5O4. The molecule has 1 amide bonds. The van der Waals surface area contributed by atoms with Gasteiger partial charge in [-0.05, 0) is 74.9 Å². The number of likely N-dealkylation sites (tertiary alicyclic amines) is 1. The average molecular weight is 560 g/mol. The lowest BCUT2D eigenvalue weighted by Gasteiger charge is -2.33. The highest BCUT2D eigenvalue weighted by Gasteiger charge is 2.28. The number of piperidine rings is 1. The zero-order valence-corrected chi connectivity index (χ0v) is 23.7. The number of aromatic nitrogens is 3. The van der Waals surface area contributed by atoms with Crippen LogP contribution in [0.3, 0.4) is 0 Å². The zero-order chi connectivity index (χ0) is 29.1. The van der Waals surface area contributed by atoms with Gasteiger partial charge in [0.25, 0.3) is 5.56 Å². The van der Waals surface area contributed by atoms with Gasteiger partial charge in [0.1, 0.15) is 17.2 Å². The van der Waals surface area contributed by atoms with Crippen molar-refractivity contribution in [2.24, 2.45) is 0 Å². The molecule has 10 heteroatoms. The number of halogens is 1. The van der Waals surface area contributed by atoms with E-state index in [9.17, 15) is 14.0 Å². The Morgan fingerprint density at radius 1 is 1.12 bits per heavy atom. The monoisotopic (exact) mass is 559 g/mol. The van der Waals surface area contributed by atoms with Crippen molar-refractivity contribution in [3.05, 3.63) is 87.7 Å². The molecule has 0 aliphatic carbocycles. The van der Waals surface area contributed by atoms with Crippen molar-refractivity contribution in [2.75, 3.05) is 25.5 Å². The third kappa shape index (κ3) is 6.48. The van der Waals surface area contributed by atoms with Crippen molar-refractivity contribution < 1.29 is 18.7 Å². The van der Waals surface area contributed by atoms with E-state index in [1.165, 1.54) is 12.3 Å². The predicted octanol–water partition coefficient (Wildman–Crippen LogP) is 5.91. The van der Waals surface area contributed by atoms with Crippen LogP contribution in [0.15, 0.2) is 59.5 Å². The lowest BCUT2D eigenvalue weighted by Crippen LogP contribution is -2.41. The fourth-order valence-corrected chi connectivity index (χ4v) is 5.12. The number of hydrogen-bond donors (Lipinski definition) is 2. The number of pyridine rings is 1. The summed E-state index contributed by atoms with van der Waals surface area (Å²) < 4.78 is 25.6. The molecule has 9 nitrogen and oxygen atoms in total. The van der Waals surface area contributed by atoms with E-state index in [2.05, 4.69) is 20.5 Å². The number of nitrogens with one attached hydrogen (secondary N) is 2. The van der Waals surface area contributed by atoms with E-state index < -0.39 is 5.60 Å². The number of amides is 1. The predicted molar refractivity (Wildman–Crippen MR) is 155 cm³/mol. The first-order valence-corrected chi connectivity index (χ1v) is 13.6. The van der Waals surface area contributed by atoms with Crippen molar-refractivity contribution in [1.29, 1.82) is 0 Å². The molecule has 1 aliphatic heterocycles. The highest BCUT2D eigenvalue weighted by molar-refractivity contribution is 5.92. The molecule has 0 spiro atoms. The largest absolute Gasteiger partial charge is 0.495 e. The minimum Gasteiger partial charge on any atom is -0.495 e. The van der Waals surface area contributed by atoms with Crippen molar-refractivity contribution in [3.8, 4) is 5.75 Å². The number of H-pyrrole nitrogens is 1. The Hall–Kier alpha value is -4.47. The number of fused-ring (bicyclic) bond motifs is 1. The normalized spacial score (nSPS) is 14.2. The SMILES string of the molecule is COc1cc(C2CCN(C(=O)OC(C)(C)C)CC2)ccc1Nc1cc(Cc2ccccc2F)nc2cn[nH]c(=O)c12. The summed E-state index contributed by atoms with van der Waals surface area (Å²) in [6.45, 7) is 6.83. The van der Waals surface area contributed by atoms with E-state index in [-0.39, 0.29) is 29.8 Å². The molecule has 0 radical (unpaired) electrons. The Balaban J connectivity index is 1.39. The minimum absolute atomic E-state index is 0.252. The quantitative estimate of drug-likeness (QED) is 0.302. The van der Waals surface area contributed by atoms with Crippen molar-refractivity contribution in [1.82, 2.24) is 20.1 Å². The third-order valence-electron chi connectivity index (χ3n) is 7.12. The lowest BCUT2D eigenvalue weighted by atomic mass is 9.89. The van der Waals surface area contributed by atoms with Gasteiger partial charge in [-0.3, -0.25) is 9.78 Å². The van der Waals surface area contributed by atoms with Gasteiger partial charge in [0.05, 0.1) is 35.6 Å². The molecule has 0 unspecified atom stereocenters.